The molecule has 2 aromatic rings. The SMILES string of the molecule is COC(=O)C1=C(C)N(c2ccc(F)c(Cl)c2)C(=S)NC1c1ccc(F)cc1F. The highest BCUT2D eigenvalue weighted by Gasteiger charge is 2.36. The van der Waals surface area contributed by atoms with Crippen molar-refractivity contribution in [2.24, 2.45) is 0 Å². The third kappa shape index (κ3) is 3.57. The van der Waals surface area contributed by atoms with Gasteiger partial charge in [-0.05, 0) is 43.4 Å². The molecular weight excluding hydrogens is 413 g/mol. The van der Waals surface area contributed by atoms with Gasteiger partial charge in [0, 0.05) is 23.0 Å². The van der Waals surface area contributed by atoms with E-state index in [2.05, 4.69) is 5.32 Å². The number of esters is 1. The van der Waals surface area contributed by atoms with Crippen molar-refractivity contribution < 1.29 is 22.7 Å². The van der Waals surface area contributed by atoms with E-state index >= 15 is 0 Å². The molecule has 0 aromatic heterocycles. The van der Waals surface area contributed by atoms with E-state index in [9.17, 15) is 18.0 Å². The summed E-state index contributed by atoms with van der Waals surface area (Å²) < 4.78 is 46.1. The van der Waals surface area contributed by atoms with Gasteiger partial charge in [0.25, 0.3) is 0 Å². The number of hydrogen-bond acceptors (Lipinski definition) is 3. The fourth-order valence-corrected chi connectivity index (χ4v) is 3.56. The number of carbonyl (C=O) groups excluding carboxylic acids is 1. The van der Waals surface area contributed by atoms with Gasteiger partial charge in [-0.3, -0.25) is 4.90 Å². The van der Waals surface area contributed by atoms with Crippen LogP contribution in [0.25, 0.3) is 0 Å². The molecule has 0 fully saturated rings. The first-order valence-corrected chi connectivity index (χ1v) is 8.83. The lowest BCUT2D eigenvalue weighted by molar-refractivity contribution is -0.136. The number of anilines is 1. The van der Waals surface area contributed by atoms with Crippen LogP contribution < -0.4 is 10.2 Å². The van der Waals surface area contributed by atoms with Gasteiger partial charge >= 0.3 is 5.97 Å². The fraction of sp³-hybridized carbons (Fsp3) is 0.158. The molecule has 1 heterocycles. The van der Waals surface area contributed by atoms with Crippen molar-refractivity contribution in [1.82, 2.24) is 5.32 Å². The molecule has 0 spiro atoms. The Labute approximate surface area is 169 Å². The number of halogens is 4. The molecule has 0 bridgehead atoms. The molecule has 0 saturated heterocycles. The summed E-state index contributed by atoms with van der Waals surface area (Å²) in [5.41, 5.74) is 0.843. The van der Waals surface area contributed by atoms with Crippen molar-refractivity contribution >= 4 is 40.6 Å². The number of allylic oxidation sites excluding steroid dienone is 1. The van der Waals surface area contributed by atoms with Crippen LogP contribution in [0.15, 0.2) is 47.7 Å². The summed E-state index contributed by atoms with van der Waals surface area (Å²) in [5.74, 6) is -2.92. The molecule has 1 N–H and O–H groups in total. The molecule has 1 aliphatic heterocycles. The molecule has 0 radical (unpaired) electrons. The summed E-state index contributed by atoms with van der Waals surface area (Å²) in [6.45, 7) is 1.59. The summed E-state index contributed by atoms with van der Waals surface area (Å²) in [4.78, 5) is 13.9. The van der Waals surface area contributed by atoms with E-state index in [1.165, 1.54) is 30.2 Å². The molecule has 1 unspecified atom stereocenters. The van der Waals surface area contributed by atoms with E-state index in [0.29, 0.717) is 11.4 Å². The maximum atomic E-state index is 14.4. The average molecular weight is 427 g/mol. The fourth-order valence-electron chi connectivity index (χ4n) is 3.02. The number of benzene rings is 2. The minimum absolute atomic E-state index is 0.0280. The van der Waals surface area contributed by atoms with Crippen LogP contribution in [0.1, 0.15) is 18.5 Å². The van der Waals surface area contributed by atoms with Crippen molar-refractivity contribution in [1.29, 1.82) is 0 Å². The molecule has 28 heavy (non-hydrogen) atoms. The Balaban J connectivity index is 2.17. The maximum Gasteiger partial charge on any atom is 0.337 e. The number of nitrogens with one attached hydrogen (secondary N) is 1. The van der Waals surface area contributed by atoms with Gasteiger partial charge in [0.1, 0.15) is 17.5 Å². The molecule has 2 aromatic carbocycles. The van der Waals surface area contributed by atoms with Crippen LogP contribution in [0.5, 0.6) is 0 Å². The number of carbonyl (C=O) groups is 1. The van der Waals surface area contributed by atoms with E-state index in [-0.39, 0.29) is 21.3 Å². The van der Waals surface area contributed by atoms with Crippen molar-refractivity contribution in [2.75, 3.05) is 12.0 Å². The van der Waals surface area contributed by atoms with Gasteiger partial charge < -0.3 is 10.1 Å². The lowest BCUT2D eigenvalue weighted by atomic mass is 9.94. The van der Waals surface area contributed by atoms with Gasteiger partial charge in [0.2, 0.25) is 0 Å². The van der Waals surface area contributed by atoms with E-state index in [1.54, 1.807) is 6.92 Å². The lowest BCUT2D eigenvalue weighted by Crippen LogP contribution is -2.48. The highest BCUT2D eigenvalue weighted by molar-refractivity contribution is 7.80. The normalized spacial score (nSPS) is 16.9. The van der Waals surface area contributed by atoms with Gasteiger partial charge in [0.05, 0.1) is 23.7 Å². The van der Waals surface area contributed by atoms with Crippen LogP contribution in [-0.2, 0) is 9.53 Å². The van der Waals surface area contributed by atoms with Gasteiger partial charge in [-0.2, -0.15) is 0 Å². The summed E-state index contributed by atoms with van der Waals surface area (Å²) in [6.07, 6.45) is 0. The number of rotatable bonds is 3. The molecule has 1 aliphatic rings. The molecule has 0 saturated carbocycles. The molecular formula is C19H14ClF3N2O2S. The smallest absolute Gasteiger partial charge is 0.337 e. The van der Waals surface area contributed by atoms with E-state index in [0.717, 1.165) is 18.2 Å². The Morgan fingerprint density at radius 1 is 1.18 bits per heavy atom. The number of methoxy groups -OCH3 is 1. The van der Waals surface area contributed by atoms with E-state index < -0.39 is 29.5 Å². The van der Waals surface area contributed by atoms with Gasteiger partial charge in [-0.25, -0.2) is 18.0 Å². The first-order valence-electron chi connectivity index (χ1n) is 8.04. The Morgan fingerprint density at radius 2 is 1.89 bits per heavy atom. The highest BCUT2D eigenvalue weighted by Crippen LogP contribution is 2.36. The minimum atomic E-state index is -0.993. The van der Waals surface area contributed by atoms with Crippen LogP contribution in [0.3, 0.4) is 0 Å². The largest absolute Gasteiger partial charge is 0.466 e. The molecule has 0 aliphatic carbocycles. The van der Waals surface area contributed by atoms with Crippen molar-refractivity contribution in [2.45, 2.75) is 13.0 Å². The minimum Gasteiger partial charge on any atom is -0.466 e. The Hall–Kier alpha value is -2.58. The maximum absolute atomic E-state index is 14.4. The van der Waals surface area contributed by atoms with Crippen LogP contribution in [-0.4, -0.2) is 18.2 Å². The second kappa shape index (κ2) is 7.81. The summed E-state index contributed by atoms with van der Waals surface area (Å²) in [5, 5.41) is 2.87. The van der Waals surface area contributed by atoms with Crippen molar-refractivity contribution in [3.05, 3.63) is 75.7 Å². The second-order valence-corrected chi connectivity index (χ2v) is 6.77. The third-order valence-electron chi connectivity index (χ3n) is 4.32. The first kappa shape index (κ1) is 20.2. The zero-order chi connectivity index (χ0) is 20.6. The van der Waals surface area contributed by atoms with Crippen LogP contribution in [0, 0.1) is 17.5 Å². The van der Waals surface area contributed by atoms with Crippen LogP contribution in [0.2, 0.25) is 5.02 Å². The van der Waals surface area contributed by atoms with Gasteiger partial charge in [-0.1, -0.05) is 17.7 Å². The summed E-state index contributed by atoms with van der Waals surface area (Å²) in [6, 6.07) is 5.99. The molecule has 4 nitrogen and oxygen atoms in total. The molecule has 3 rings (SSSR count). The predicted molar refractivity (Wildman–Crippen MR) is 103 cm³/mol. The third-order valence-corrected chi connectivity index (χ3v) is 4.92. The quantitative estimate of drug-likeness (QED) is 0.572. The van der Waals surface area contributed by atoms with Gasteiger partial charge in [0.15, 0.2) is 5.11 Å². The molecule has 1 atom stereocenters. The van der Waals surface area contributed by atoms with E-state index in [4.69, 9.17) is 28.6 Å². The number of ether oxygens (including phenoxy) is 1. The van der Waals surface area contributed by atoms with Crippen LogP contribution >= 0.6 is 23.8 Å². The zero-order valence-corrected chi connectivity index (χ0v) is 16.3. The topological polar surface area (TPSA) is 41.6 Å². The summed E-state index contributed by atoms with van der Waals surface area (Å²) >= 11 is 11.2. The Kier molecular flexibility index (Phi) is 5.62. The zero-order valence-electron chi connectivity index (χ0n) is 14.7. The molecule has 0 amide bonds. The van der Waals surface area contributed by atoms with Gasteiger partial charge in [-0.15, -0.1) is 0 Å². The standard InChI is InChI=1S/C19H14ClF3N2O2S/c1-9-16(18(26)27-2)17(12-5-3-10(21)7-15(12)23)24-19(28)25(9)11-4-6-14(22)13(20)8-11/h3-8,17H,1-2H3,(H,24,28). The van der Waals surface area contributed by atoms with E-state index in [1.807, 2.05) is 0 Å². The molecule has 146 valence electrons. The Morgan fingerprint density at radius 3 is 2.50 bits per heavy atom. The highest BCUT2D eigenvalue weighted by atomic mass is 35.5. The van der Waals surface area contributed by atoms with Crippen molar-refractivity contribution in [3.63, 3.8) is 0 Å². The lowest BCUT2D eigenvalue weighted by Gasteiger charge is -2.37. The number of hydrogen-bond donors (Lipinski definition) is 1. The summed E-state index contributed by atoms with van der Waals surface area (Å²) in [7, 11) is 1.19. The monoisotopic (exact) mass is 426 g/mol. The average Bonchev–Trinajstić information content (AvgIpc) is 2.63. The van der Waals surface area contributed by atoms with Crippen molar-refractivity contribution in [3.8, 4) is 0 Å². The Bertz CT molecular complexity index is 1010. The first-order chi connectivity index (χ1) is 13.2. The molecule has 9 heteroatoms. The second-order valence-electron chi connectivity index (χ2n) is 5.97. The number of thiocarbonyl (C=S) groups is 1. The van der Waals surface area contributed by atoms with Crippen LogP contribution in [0.4, 0.5) is 18.9 Å². The number of nitrogens with zero attached hydrogens (tertiary/aromatic N) is 1. The predicted octanol–water partition coefficient (Wildman–Crippen LogP) is 4.64.